The zero-order valence-electron chi connectivity index (χ0n) is 12.1. The highest BCUT2D eigenvalue weighted by molar-refractivity contribution is 6.00. The van der Waals surface area contributed by atoms with Crippen LogP contribution in [0.3, 0.4) is 0 Å². The Labute approximate surface area is 134 Å². The van der Waals surface area contributed by atoms with Crippen molar-refractivity contribution in [1.29, 1.82) is 0 Å². The molecule has 0 aliphatic rings. The van der Waals surface area contributed by atoms with Crippen LogP contribution in [-0.2, 0) is 6.42 Å². The van der Waals surface area contributed by atoms with E-state index < -0.39 is 34.9 Å². The van der Waals surface area contributed by atoms with Crippen LogP contribution in [-0.4, -0.2) is 16.1 Å². The molecule has 8 heteroatoms. The number of halogens is 3. The molecule has 3 rings (SSSR count). The van der Waals surface area contributed by atoms with E-state index in [0.717, 1.165) is 11.6 Å². The van der Waals surface area contributed by atoms with Gasteiger partial charge in [-0.05, 0) is 17.7 Å². The van der Waals surface area contributed by atoms with Crippen molar-refractivity contribution in [2.45, 2.75) is 6.42 Å². The third kappa shape index (κ3) is 3.27. The summed E-state index contributed by atoms with van der Waals surface area (Å²) >= 11 is 0. The van der Waals surface area contributed by atoms with Crippen molar-refractivity contribution < 1.29 is 22.4 Å². The van der Waals surface area contributed by atoms with Gasteiger partial charge in [-0.25, -0.2) is 13.2 Å². The standard InChI is InChI=1S/C16H10F3N3O2/c17-10-6-7-11(14(19)13(10)18)20-15(23)16-22-21-12(24-16)8-9-4-2-1-3-5-9/h1-7H,8H2,(H,20,23). The molecule has 0 saturated heterocycles. The Morgan fingerprint density at radius 3 is 2.50 bits per heavy atom. The fraction of sp³-hybridized carbons (Fsp3) is 0.0625. The first-order chi connectivity index (χ1) is 11.5. The summed E-state index contributed by atoms with van der Waals surface area (Å²) in [4.78, 5) is 11.9. The maximum absolute atomic E-state index is 13.5. The van der Waals surface area contributed by atoms with Crippen molar-refractivity contribution in [2.75, 3.05) is 5.32 Å². The van der Waals surface area contributed by atoms with Gasteiger partial charge < -0.3 is 9.73 Å². The minimum atomic E-state index is -1.68. The van der Waals surface area contributed by atoms with Crippen LogP contribution >= 0.6 is 0 Å². The van der Waals surface area contributed by atoms with Crippen LogP contribution in [0.2, 0.25) is 0 Å². The number of hydrogen-bond acceptors (Lipinski definition) is 4. The van der Waals surface area contributed by atoms with Crippen molar-refractivity contribution in [1.82, 2.24) is 10.2 Å². The number of amides is 1. The van der Waals surface area contributed by atoms with Crippen molar-refractivity contribution in [3.8, 4) is 0 Å². The highest BCUT2D eigenvalue weighted by Gasteiger charge is 2.19. The lowest BCUT2D eigenvalue weighted by Crippen LogP contribution is -2.14. The number of benzene rings is 2. The Kier molecular flexibility index (Phi) is 4.28. The Morgan fingerprint density at radius 2 is 1.75 bits per heavy atom. The van der Waals surface area contributed by atoms with Gasteiger partial charge in [0, 0.05) is 0 Å². The lowest BCUT2D eigenvalue weighted by molar-refractivity contribution is 0.0988. The highest BCUT2D eigenvalue weighted by Crippen LogP contribution is 2.20. The molecule has 1 amide bonds. The fourth-order valence-corrected chi connectivity index (χ4v) is 1.99. The van der Waals surface area contributed by atoms with Crippen molar-refractivity contribution in [3.05, 3.63) is 77.3 Å². The van der Waals surface area contributed by atoms with Crippen LogP contribution in [0.4, 0.5) is 18.9 Å². The number of hydrogen-bond donors (Lipinski definition) is 1. The number of nitrogens with one attached hydrogen (secondary N) is 1. The molecule has 1 aromatic heterocycles. The molecule has 3 aromatic rings. The molecule has 0 saturated carbocycles. The molecular formula is C16H10F3N3O2. The average molecular weight is 333 g/mol. The minimum Gasteiger partial charge on any atom is -0.417 e. The predicted molar refractivity (Wildman–Crippen MR) is 77.8 cm³/mol. The molecule has 0 aliphatic heterocycles. The second-order valence-electron chi connectivity index (χ2n) is 4.84. The zero-order chi connectivity index (χ0) is 17.1. The smallest absolute Gasteiger partial charge is 0.313 e. The van der Waals surface area contributed by atoms with Gasteiger partial charge in [-0.3, -0.25) is 4.79 Å². The van der Waals surface area contributed by atoms with E-state index in [1.807, 2.05) is 30.3 Å². The van der Waals surface area contributed by atoms with Crippen molar-refractivity contribution >= 4 is 11.6 Å². The third-order valence-corrected chi connectivity index (χ3v) is 3.14. The number of anilines is 1. The number of aromatic nitrogens is 2. The SMILES string of the molecule is O=C(Nc1ccc(F)c(F)c1F)c1nnc(Cc2ccccc2)o1. The second kappa shape index (κ2) is 6.53. The molecule has 0 fully saturated rings. The third-order valence-electron chi connectivity index (χ3n) is 3.14. The van der Waals surface area contributed by atoms with Gasteiger partial charge in [0.05, 0.1) is 12.1 Å². The Hall–Kier alpha value is -3.16. The average Bonchev–Trinajstić information content (AvgIpc) is 3.05. The van der Waals surface area contributed by atoms with Gasteiger partial charge in [0.15, 0.2) is 17.5 Å². The molecular weight excluding hydrogens is 323 g/mol. The Bertz CT molecular complexity index is 882. The van der Waals surface area contributed by atoms with Gasteiger partial charge in [-0.1, -0.05) is 30.3 Å². The number of carbonyl (C=O) groups is 1. The molecule has 2 aromatic carbocycles. The molecule has 0 bridgehead atoms. The van der Waals surface area contributed by atoms with Gasteiger partial charge in [-0.15, -0.1) is 10.2 Å². The van der Waals surface area contributed by atoms with Crippen LogP contribution < -0.4 is 5.32 Å². The van der Waals surface area contributed by atoms with E-state index in [1.165, 1.54) is 0 Å². The molecule has 1 heterocycles. The normalized spacial score (nSPS) is 10.6. The van der Waals surface area contributed by atoms with E-state index in [1.54, 1.807) is 0 Å². The monoisotopic (exact) mass is 333 g/mol. The molecule has 0 atom stereocenters. The summed E-state index contributed by atoms with van der Waals surface area (Å²) in [5.74, 6) is -5.68. The molecule has 1 N–H and O–H groups in total. The maximum Gasteiger partial charge on any atom is 0.313 e. The quantitative estimate of drug-likeness (QED) is 0.744. The largest absolute Gasteiger partial charge is 0.417 e. The first kappa shape index (κ1) is 15.7. The van der Waals surface area contributed by atoms with Gasteiger partial charge in [0.2, 0.25) is 5.89 Å². The van der Waals surface area contributed by atoms with E-state index >= 15 is 0 Å². The molecule has 5 nitrogen and oxygen atoms in total. The van der Waals surface area contributed by atoms with Crippen LogP contribution in [0.15, 0.2) is 46.9 Å². The minimum absolute atomic E-state index is 0.192. The lowest BCUT2D eigenvalue weighted by Gasteiger charge is -2.04. The number of carbonyl (C=O) groups excluding carboxylic acids is 1. The molecule has 0 radical (unpaired) electrons. The van der Waals surface area contributed by atoms with E-state index in [0.29, 0.717) is 12.5 Å². The van der Waals surface area contributed by atoms with Crippen molar-refractivity contribution in [2.24, 2.45) is 0 Å². The molecule has 122 valence electrons. The molecule has 24 heavy (non-hydrogen) atoms. The number of nitrogens with zero attached hydrogens (tertiary/aromatic N) is 2. The van der Waals surface area contributed by atoms with Crippen LogP contribution in [0.1, 0.15) is 22.1 Å². The lowest BCUT2D eigenvalue weighted by atomic mass is 10.2. The van der Waals surface area contributed by atoms with E-state index in [-0.39, 0.29) is 5.89 Å². The summed E-state index contributed by atoms with van der Waals surface area (Å²) in [7, 11) is 0. The Morgan fingerprint density at radius 1 is 1.00 bits per heavy atom. The number of rotatable bonds is 4. The van der Waals surface area contributed by atoms with Crippen LogP contribution in [0.25, 0.3) is 0 Å². The van der Waals surface area contributed by atoms with Crippen molar-refractivity contribution in [3.63, 3.8) is 0 Å². The zero-order valence-corrected chi connectivity index (χ0v) is 12.1. The predicted octanol–water partition coefficient (Wildman–Crippen LogP) is 3.33. The highest BCUT2D eigenvalue weighted by atomic mass is 19.2. The van der Waals surface area contributed by atoms with E-state index in [9.17, 15) is 18.0 Å². The van der Waals surface area contributed by atoms with E-state index in [4.69, 9.17) is 4.42 Å². The van der Waals surface area contributed by atoms with E-state index in [2.05, 4.69) is 15.5 Å². The summed E-state index contributed by atoms with van der Waals surface area (Å²) in [6.07, 6.45) is 0.320. The summed E-state index contributed by atoms with van der Waals surface area (Å²) in [5, 5.41) is 9.34. The summed E-state index contributed by atoms with van der Waals surface area (Å²) in [6.45, 7) is 0. The fourth-order valence-electron chi connectivity index (χ4n) is 1.99. The topological polar surface area (TPSA) is 68.0 Å². The summed E-state index contributed by atoms with van der Waals surface area (Å²) in [6, 6.07) is 10.8. The first-order valence-corrected chi connectivity index (χ1v) is 6.86. The maximum atomic E-state index is 13.5. The van der Waals surface area contributed by atoms with Gasteiger partial charge >= 0.3 is 11.8 Å². The summed E-state index contributed by atoms with van der Waals surface area (Å²) < 4.78 is 44.7. The van der Waals surface area contributed by atoms with Gasteiger partial charge in [-0.2, -0.15) is 0 Å². The van der Waals surface area contributed by atoms with Crippen LogP contribution in [0, 0.1) is 17.5 Å². The second-order valence-corrected chi connectivity index (χ2v) is 4.84. The molecule has 0 spiro atoms. The first-order valence-electron chi connectivity index (χ1n) is 6.86. The summed E-state index contributed by atoms with van der Waals surface area (Å²) in [5.41, 5.74) is 0.376. The van der Waals surface area contributed by atoms with Crippen LogP contribution in [0.5, 0.6) is 0 Å². The molecule has 0 aliphatic carbocycles. The van der Waals surface area contributed by atoms with Gasteiger partial charge in [0.1, 0.15) is 0 Å². The van der Waals surface area contributed by atoms with Gasteiger partial charge in [0.25, 0.3) is 0 Å². The molecule has 0 unspecified atom stereocenters. The Balaban J connectivity index is 1.73.